The average molecular weight is 270 g/mol. The quantitative estimate of drug-likeness (QED) is 0.834. The molecule has 2 fully saturated rings. The third-order valence-electron chi connectivity index (χ3n) is 3.82. The zero-order valence-electron chi connectivity index (χ0n) is 11.9. The number of piperidine rings is 1. The Balaban J connectivity index is 1.75. The van der Waals surface area contributed by atoms with Crippen LogP contribution in [0.1, 0.15) is 40.0 Å². The summed E-state index contributed by atoms with van der Waals surface area (Å²) in [7, 11) is 0. The molecule has 18 heavy (non-hydrogen) atoms. The minimum Gasteiger partial charge on any atom is -0.342 e. The Morgan fingerprint density at radius 1 is 1.17 bits per heavy atom. The molecule has 0 aromatic rings. The van der Waals surface area contributed by atoms with Crippen molar-refractivity contribution >= 4 is 17.7 Å². The van der Waals surface area contributed by atoms with Crippen molar-refractivity contribution in [1.82, 2.24) is 10.2 Å². The number of hydrogen-bond donors (Lipinski definition) is 1. The monoisotopic (exact) mass is 270 g/mol. The van der Waals surface area contributed by atoms with Gasteiger partial charge in [-0.15, -0.1) is 0 Å². The molecule has 0 bridgehead atoms. The van der Waals surface area contributed by atoms with E-state index in [1.807, 2.05) is 25.7 Å². The zero-order chi connectivity index (χ0) is 13.2. The number of nitrogens with zero attached hydrogens (tertiary/aromatic N) is 1. The van der Waals surface area contributed by atoms with Crippen molar-refractivity contribution in [3.63, 3.8) is 0 Å². The summed E-state index contributed by atoms with van der Waals surface area (Å²) < 4.78 is 0. The highest BCUT2D eigenvalue weighted by atomic mass is 32.2. The number of carbonyl (C=O) groups excluding carboxylic acids is 1. The molecule has 2 aliphatic rings. The van der Waals surface area contributed by atoms with Crippen molar-refractivity contribution in [2.24, 2.45) is 5.41 Å². The molecule has 3 nitrogen and oxygen atoms in total. The lowest BCUT2D eigenvalue weighted by atomic mass is 9.93. The van der Waals surface area contributed by atoms with Gasteiger partial charge >= 0.3 is 0 Å². The van der Waals surface area contributed by atoms with E-state index in [0.717, 1.165) is 25.9 Å². The van der Waals surface area contributed by atoms with Gasteiger partial charge in [-0.25, -0.2) is 0 Å². The van der Waals surface area contributed by atoms with Crippen LogP contribution in [-0.4, -0.2) is 47.5 Å². The van der Waals surface area contributed by atoms with Gasteiger partial charge in [-0.2, -0.15) is 11.8 Å². The number of likely N-dealkylation sites (tertiary alicyclic amines) is 1. The fraction of sp³-hybridized carbons (Fsp3) is 0.929. The fourth-order valence-corrected chi connectivity index (χ4v) is 3.89. The van der Waals surface area contributed by atoms with Crippen molar-refractivity contribution in [2.45, 2.75) is 52.1 Å². The molecule has 0 saturated carbocycles. The molecular weight excluding hydrogens is 244 g/mol. The maximum absolute atomic E-state index is 12.2. The van der Waals surface area contributed by atoms with Crippen LogP contribution in [0.2, 0.25) is 0 Å². The number of hydrogen-bond acceptors (Lipinski definition) is 3. The Morgan fingerprint density at radius 2 is 1.83 bits per heavy atom. The summed E-state index contributed by atoms with van der Waals surface area (Å²) in [6.07, 6.45) is 3.54. The van der Waals surface area contributed by atoms with Gasteiger partial charge in [0.25, 0.3) is 0 Å². The van der Waals surface area contributed by atoms with Gasteiger partial charge in [-0.1, -0.05) is 20.8 Å². The molecule has 0 spiro atoms. The molecule has 0 aromatic carbocycles. The normalized spacial score (nSPS) is 26.6. The lowest BCUT2D eigenvalue weighted by Gasteiger charge is -2.36. The maximum Gasteiger partial charge on any atom is 0.227 e. The Kier molecular flexibility index (Phi) is 4.59. The second kappa shape index (κ2) is 5.83. The number of thioether (sulfide) groups is 1. The maximum atomic E-state index is 12.2. The molecule has 104 valence electrons. The van der Waals surface area contributed by atoms with Crippen LogP contribution in [0.3, 0.4) is 0 Å². The van der Waals surface area contributed by atoms with Gasteiger partial charge in [0.1, 0.15) is 0 Å². The molecule has 2 heterocycles. The third kappa shape index (κ3) is 3.64. The second-order valence-electron chi connectivity index (χ2n) is 6.54. The van der Waals surface area contributed by atoms with E-state index in [1.54, 1.807) is 0 Å². The molecule has 2 aliphatic heterocycles. The summed E-state index contributed by atoms with van der Waals surface area (Å²) in [5, 5.41) is 3.76. The molecule has 0 aliphatic carbocycles. The third-order valence-corrected chi connectivity index (χ3v) is 4.99. The SMILES string of the molecule is CC(C)(C)C(=O)N1CCC(NC2CCSC2)CC1. The first-order valence-electron chi connectivity index (χ1n) is 7.10. The number of carbonyl (C=O) groups is 1. The number of amides is 1. The van der Waals surface area contributed by atoms with Crippen LogP contribution >= 0.6 is 11.8 Å². The van der Waals surface area contributed by atoms with E-state index in [0.29, 0.717) is 18.0 Å². The van der Waals surface area contributed by atoms with Crippen molar-refractivity contribution in [1.29, 1.82) is 0 Å². The van der Waals surface area contributed by atoms with Crippen molar-refractivity contribution in [2.75, 3.05) is 24.6 Å². The summed E-state index contributed by atoms with van der Waals surface area (Å²) in [6.45, 7) is 7.88. The van der Waals surface area contributed by atoms with E-state index in [9.17, 15) is 4.79 Å². The van der Waals surface area contributed by atoms with Gasteiger partial charge < -0.3 is 10.2 Å². The van der Waals surface area contributed by atoms with E-state index in [-0.39, 0.29) is 5.41 Å². The Labute approximate surface area is 115 Å². The first-order chi connectivity index (χ1) is 8.47. The largest absolute Gasteiger partial charge is 0.342 e. The second-order valence-corrected chi connectivity index (χ2v) is 7.69. The predicted molar refractivity (Wildman–Crippen MR) is 77.9 cm³/mol. The standard InChI is InChI=1S/C14H26N2OS/c1-14(2,3)13(17)16-7-4-11(5-8-16)15-12-6-9-18-10-12/h11-12,15H,4-10H2,1-3H3. The minimum atomic E-state index is -0.234. The average Bonchev–Trinajstić information content (AvgIpc) is 2.81. The predicted octanol–water partition coefficient (Wildman–Crippen LogP) is 2.12. The molecule has 1 N–H and O–H groups in total. The van der Waals surface area contributed by atoms with Crippen LogP contribution < -0.4 is 5.32 Å². The Bertz CT molecular complexity index is 287. The van der Waals surface area contributed by atoms with Crippen molar-refractivity contribution in [3.8, 4) is 0 Å². The van der Waals surface area contributed by atoms with E-state index in [4.69, 9.17) is 0 Å². The summed E-state index contributed by atoms with van der Waals surface area (Å²) in [5.74, 6) is 2.87. The van der Waals surface area contributed by atoms with E-state index in [1.165, 1.54) is 17.9 Å². The van der Waals surface area contributed by atoms with Gasteiger partial charge in [0.2, 0.25) is 5.91 Å². The van der Waals surface area contributed by atoms with Gasteiger partial charge in [0.05, 0.1) is 0 Å². The highest BCUT2D eigenvalue weighted by molar-refractivity contribution is 7.99. The van der Waals surface area contributed by atoms with E-state index < -0.39 is 0 Å². The first-order valence-corrected chi connectivity index (χ1v) is 8.25. The molecule has 0 aromatic heterocycles. The zero-order valence-corrected chi connectivity index (χ0v) is 12.7. The molecule has 1 atom stereocenters. The molecular formula is C14H26N2OS. The summed E-state index contributed by atoms with van der Waals surface area (Å²) in [5.41, 5.74) is -0.234. The molecule has 2 rings (SSSR count). The van der Waals surface area contributed by atoms with Gasteiger partial charge in [0, 0.05) is 36.3 Å². The van der Waals surface area contributed by atoms with E-state index >= 15 is 0 Å². The van der Waals surface area contributed by atoms with E-state index in [2.05, 4.69) is 17.1 Å². The van der Waals surface area contributed by atoms with Crippen LogP contribution in [0, 0.1) is 5.41 Å². The van der Waals surface area contributed by atoms with Crippen molar-refractivity contribution < 1.29 is 4.79 Å². The summed E-state index contributed by atoms with van der Waals surface area (Å²) in [6, 6.07) is 1.34. The molecule has 1 amide bonds. The lowest BCUT2D eigenvalue weighted by Crippen LogP contribution is -2.50. The smallest absolute Gasteiger partial charge is 0.227 e. The van der Waals surface area contributed by atoms with Gasteiger partial charge in [-0.05, 0) is 25.0 Å². The molecule has 2 saturated heterocycles. The van der Waals surface area contributed by atoms with Gasteiger partial charge in [-0.3, -0.25) is 4.79 Å². The summed E-state index contributed by atoms with van der Waals surface area (Å²) in [4.78, 5) is 14.2. The minimum absolute atomic E-state index is 0.234. The Hall–Kier alpha value is -0.220. The first kappa shape index (κ1) is 14.2. The van der Waals surface area contributed by atoms with Crippen LogP contribution in [-0.2, 0) is 4.79 Å². The fourth-order valence-electron chi connectivity index (χ4n) is 2.72. The van der Waals surface area contributed by atoms with Crippen LogP contribution in [0.15, 0.2) is 0 Å². The molecule has 1 unspecified atom stereocenters. The topological polar surface area (TPSA) is 32.3 Å². The van der Waals surface area contributed by atoms with Crippen LogP contribution in [0.5, 0.6) is 0 Å². The molecule has 0 radical (unpaired) electrons. The van der Waals surface area contributed by atoms with Crippen LogP contribution in [0.25, 0.3) is 0 Å². The highest BCUT2D eigenvalue weighted by Crippen LogP contribution is 2.23. The summed E-state index contributed by atoms with van der Waals surface area (Å²) >= 11 is 2.05. The molecule has 4 heteroatoms. The number of nitrogens with one attached hydrogen (secondary N) is 1. The highest BCUT2D eigenvalue weighted by Gasteiger charge is 2.31. The van der Waals surface area contributed by atoms with Crippen molar-refractivity contribution in [3.05, 3.63) is 0 Å². The Morgan fingerprint density at radius 3 is 2.33 bits per heavy atom. The van der Waals surface area contributed by atoms with Crippen LogP contribution in [0.4, 0.5) is 0 Å². The lowest BCUT2D eigenvalue weighted by molar-refractivity contribution is -0.140. The van der Waals surface area contributed by atoms with Gasteiger partial charge in [0.15, 0.2) is 0 Å². The number of rotatable bonds is 2.